The Bertz CT molecular complexity index is 550. The van der Waals surface area contributed by atoms with Crippen LogP contribution in [0.1, 0.15) is 38.7 Å². The van der Waals surface area contributed by atoms with E-state index >= 15 is 0 Å². The van der Waals surface area contributed by atoms with Gasteiger partial charge in [0.25, 0.3) is 5.79 Å². The van der Waals surface area contributed by atoms with Crippen LogP contribution in [0.25, 0.3) is 0 Å². The molecule has 1 aromatic rings. The van der Waals surface area contributed by atoms with Crippen LogP contribution in [-0.2, 0) is 19.1 Å². The summed E-state index contributed by atoms with van der Waals surface area (Å²) in [5.74, 6) is -2.35. The van der Waals surface area contributed by atoms with Crippen molar-refractivity contribution in [1.82, 2.24) is 0 Å². The summed E-state index contributed by atoms with van der Waals surface area (Å²) in [6.45, 7) is 4.74. The highest BCUT2D eigenvalue weighted by Crippen LogP contribution is 2.24. The van der Waals surface area contributed by atoms with Gasteiger partial charge < -0.3 is 19.4 Å². The molecule has 1 saturated heterocycles. The maximum atomic E-state index is 11.0. The van der Waals surface area contributed by atoms with Crippen molar-refractivity contribution in [2.75, 3.05) is 19.8 Å². The number of benzene rings is 1. The average molecular weight is 335 g/mol. The summed E-state index contributed by atoms with van der Waals surface area (Å²) in [5.41, 5.74) is 1.91. The fourth-order valence-electron chi connectivity index (χ4n) is 2.41. The van der Waals surface area contributed by atoms with E-state index < -0.39 is 11.8 Å². The third kappa shape index (κ3) is 5.32. The predicted octanol–water partition coefficient (Wildman–Crippen LogP) is 3.06. The van der Waals surface area contributed by atoms with E-state index in [1.54, 1.807) is 0 Å². The minimum atomic E-state index is -1.50. The smallest absolute Gasteiger partial charge is 0.364 e. The zero-order valence-electron chi connectivity index (χ0n) is 14.2. The zero-order valence-corrected chi connectivity index (χ0v) is 14.2. The Morgan fingerprint density at radius 3 is 2.58 bits per heavy atom. The van der Waals surface area contributed by atoms with Gasteiger partial charge in [-0.25, -0.2) is 4.79 Å². The number of aliphatic carboxylic acids is 1. The Labute approximate surface area is 142 Å². The van der Waals surface area contributed by atoms with Crippen LogP contribution in [0.4, 0.5) is 0 Å². The van der Waals surface area contributed by atoms with Gasteiger partial charge in [-0.05, 0) is 31.7 Å². The number of hydrogen-bond acceptors (Lipinski definition) is 5. The first-order valence-corrected chi connectivity index (χ1v) is 8.24. The second-order valence-corrected chi connectivity index (χ2v) is 6.11. The molecule has 6 nitrogen and oxygen atoms in total. The Morgan fingerprint density at radius 2 is 1.96 bits per heavy atom. The molecule has 0 amide bonds. The number of carboxylic acids is 1. The maximum Gasteiger partial charge on any atom is 0.364 e. The highest BCUT2D eigenvalue weighted by Gasteiger charge is 2.40. The fourth-order valence-corrected chi connectivity index (χ4v) is 2.41. The molecule has 1 fully saturated rings. The van der Waals surface area contributed by atoms with Gasteiger partial charge in [0.05, 0.1) is 18.9 Å². The Balaban J connectivity index is 1.59. The van der Waals surface area contributed by atoms with Crippen LogP contribution in [0.2, 0.25) is 0 Å². The number of unbranched alkanes of at least 4 members (excludes halogenated alkanes) is 1. The fraction of sp³-hybridized carbons (Fsp3) is 0.556. The van der Waals surface area contributed by atoms with Crippen LogP contribution in [-0.4, -0.2) is 42.4 Å². The van der Waals surface area contributed by atoms with Crippen LogP contribution in [0.3, 0.4) is 0 Å². The van der Waals surface area contributed by atoms with E-state index in [-0.39, 0.29) is 5.92 Å². The van der Waals surface area contributed by atoms with E-state index in [1.165, 1.54) is 6.92 Å². The number of nitrogens with zero attached hydrogens (tertiary/aromatic N) is 1. The number of rotatable bonds is 8. The Kier molecular flexibility index (Phi) is 6.75. The van der Waals surface area contributed by atoms with Gasteiger partial charge in [-0.1, -0.05) is 35.5 Å². The molecule has 0 atom stereocenters. The van der Waals surface area contributed by atoms with E-state index in [9.17, 15) is 4.79 Å². The van der Waals surface area contributed by atoms with Gasteiger partial charge in [0, 0.05) is 12.8 Å². The van der Waals surface area contributed by atoms with Crippen molar-refractivity contribution in [3.63, 3.8) is 0 Å². The van der Waals surface area contributed by atoms with Gasteiger partial charge in [0.1, 0.15) is 6.61 Å². The van der Waals surface area contributed by atoms with E-state index in [4.69, 9.17) is 19.4 Å². The Hall–Kier alpha value is -1.92. The molecule has 0 spiro atoms. The molecule has 0 saturated carbocycles. The number of oxime groups is 1. The van der Waals surface area contributed by atoms with Crippen LogP contribution in [0, 0.1) is 5.92 Å². The van der Waals surface area contributed by atoms with Gasteiger partial charge in [-0.15, -0.1) is 0 Å². The van der Waals surface area contributed by atoms with Crippen molar-refractivity contribution >= 4 is 11.7 Å². The van der Waals surface area contributed by atoms with Crippen molar-refractivity contribution in [2.24, 2.45) is 11.1 Å². The lowest BCUT2D eigenvalue weighted by Gasteiger charge is -2.34. The van der Waals surface area contributed by atoms with Crippen molar-refractivity contribution in [3.05, 3.63) is 35.9 Å². The molecule has 0 radical (unpaired) electrons. The maximum absolute atomic E-state index is 11.0. The predicted molar refractivity (Wildman–Crippen MR) is 89.9 cm³/mol. The first-order valence-electron chi connectivity index (χ1n) is 8.24. The normalized spacial score (nSPS) is 24.6. The summed E-state index contributed by atoms with van der Waals surface area (Å²) in [7, 11) is 0. The summed E-state index contributed by atoms with van der Waals surface area (Å²) in [5, 5.41) is 13.1. The van der Waals surface area contributed by atoms with E-state index in [2.05, 4.69) is 5.16 Å². The van der Waals surface area contributed by atoms with Crippen LogP contribution in [0.5, 0.6) is 0 Å². The largest absolute Gasteiger partial charge is 0.477 e. The molecule has 132 valence electrons. The number of ether oxygens (including phenoxy) is 2. The van der Waals surface area contributed by atoms with Crippen molar-refractivity contribution in [3.8, 4) is 0 Å². The minimum Gasteiger partial charge on any atom is -0.477 e. The van der Waals surface area contributed by atoms with Crippen LogP contribution < -0.4 is 0 Å². The molecule has 2 rings (SSSR count). The van der Waals surface area contributed by atoms with Crippen LogP contribution in [0.15, 0.2) is 35.5 Å². The second-order valence-electron chi connectivity index (χ2n) is 6.11. The second kappa shape index (κ2) is 8.80. The molecule has 1 aliphatic rings. The van der Waals surface area contributed by atoms with Crippen molar-refractivity contribution in [1.29, 1.82) is 0 Å². The average Bonchev–Trinajstić information content (AvgIpc) is 2.60. The quantitative estimate of drug-likeness (QED) is 0.449. The van der Waals surface area contributed by atoms with Gasteiger partial charge in [0.15, 0.2) is 0 Å². The van der Waals surface area contributed by atoms with Crippen molar-refractivity contribution < 1.29 is 24.2 Å². The molecule has 1 N–H and O–H groups in total. The van der Waals surface area contributed by atoms with Gasteiger partial charge in [-0.3, -0.25) is 0 Å². The number of carbonyl (C=O) groups is 1. The molecule has 0 aromatic heterocycles. The Morgan fingerprint density at radius 1 is 1.29 bits per heavy atom. The highest BCUT2D eigenvalue weighted by molar-refractivity contribution is 5.98. The molecule has 1 aromatic carbocycles. The SMILES string of the molecule is CC(=NOCCCCC1COC(C)(C(=O)O)OC1)c1ccccc1. The summed E-state index contributed by atoms with van der Waals surface area (Å²) in [4.78, 5) is 16.3. The standard InChI is InChI=1S/C18H25NO5/c1-14(16-9-4-3-5-10-16)19-24-11-7-6-8-15-12-22-18(2,17(20)21)23-13-15/h3-5,9-10,15H,6-8,11-13H2,1-2H3,(H,20,21). The lowest BCUT2D eigenvalue weighted by Crippen LogP contribution is -2.47. The van der Waals surface area contributed by atoms with Gasteiger partial charge in [0.2, 0.25) is 0 Å². The molecule has 6 heteroatoms. The van der Waals surface area contributed by atoms with Crippen molar-refractivity contribution in [2.45, 2.75) is 38.9 Å². The summed E-state index contributed by atoms with van der Waals surface area (Å²) < 4.78 is 10.6. The van der Waals surface area contributed by atoms with Crippen LogP contribution >= 0.6 is 0 Å². The van der Waals surface area contributed by atoms with Gasteiger partial charge >= 0.3 is 5.97 Å². The number of hydrogen-bond donors (Lipinski definition) is 1. The molecular weight excluding hydrogens is 310 g/mol. The molecule has 0 bridgehead atoms. The summed E-state index contributed by atoms with van der Waals surface area (Å²) >= 11 is 0. The molecule has 24 heavy (non-hydrogen) atoms. The zero-order chi connectivity index (χ0) is 17.4. The minimum absolute atomic E-state index is 0.229. The van der Waals surface area contributed by atoms with E-state index in [0.29, 0.717) is 19.8 Å². The highest BCUT2D eigenvalue weighted by atomic mass is 16.7. The first-order chi connectivity index (χ1) is 11.5. The van der Waals surface area contributed by atoms with E-state index in [0.717, 1.165) is 30.5 Å². The molecular formula is C18H25NO5. The number of carboxylic acid groups (broad SMARTS) is 1. The molecule has 1 aliphatic heterocycles. The first kappa shape index (κ1) is 18.4. The summed E-state index contributed by atoms with van der Waals surface area (Å²) in [6, 6.07) is 9.90. The molecule has 1 heterocycles. The lowest BCUT2D eigenvalue weighted by atomic mass is 10.0. The third-order valence-electron chi connectivity index (χ3n) is 4.07. The molecule has 0 aliphatic carbocycles. The topological polar surface area (TPSA) is 77.4 Å². The molecule has 0 unspecified atom stereocenters. The lowest BCUT2D eigenvalue weighted by molar-refractivity contribution is -0.271. The monoisotopic (exact) mass is 335 g/mol. The van der Waals surface area contributed by atoms with E-state index in [1.807, 2.05) is 37.3 Å². The summed E-state index contributed by atoms with van der Waals surface area (Å²) in [6.07, 6.45) is 2.76. The third-order valence-corrected chi connectivity index (χ3v) is 4.07. The van der Waals surface area contributed by atoms with Gasteiger partial charge in [-0.2, -0.15) is 0 Å².